The number of nitrogens with one attached hydrogen (secondary N) is 2. The molecule has 3 rings (SSSR count). The summed E-state index contributed by atoms with van der Waals surface area (Å²) in [6.45, 7) is 2.06. The number of aromatic nitrogens is 2. The summed E-state index contributed by atoms with van der Waals surface area (Å²) < 4.78 is 0. The Labute approximate surface area is 117 Å². The van der Waals surface area contributed by atoms with Crippen molar-refractivity contribution in [3.05, 3.63) is 60.2 Å². The number of aromatic amines is 1. The van der Waals surface area contributed by atoms with E-state index in [1.54, 1.807) is 24.3 Å². The lowest BCUT2D eigenvalue weighted by Gasteiger charge is -2.01. The van der Waals surface area contributed by atoms with Crippen LogP contribution in [0.3, 0.4) is 0 Å². The molecule has 20 heavy (non-hydrogen) atoms. The van der Waals surface area contributed by atoms with Crippen LogP contribution < -0.4 is 5.32 Å². The normalized spacial score (nSPS) is 10.4. The molecule has 0 saturated heterocycles. The molecule has 0 aliphatic heterocycles. The number of phenols is 1. The highest BCUT2D eigenvalue weighted by Gasteiger charge is 2.03. The van der Waals surface area contributed by atoms with Gasteiger partial charge in [0.1, 0.15) is 5.75 Å². The zero-order valence-corrected chi connectivity index (χ0v) is 11.1. The molecule has 0 bridgehead atoms. The molecule has 2 aromatic carbocycles. The minimum atomic E-state index is 0.248. The average molecular weight is 265 g/mol. The van der Waals surface area contributed by atoms with Gasteiger partial charge < -0.3 is 10.4 Å². The predicted molar refractivity (Wildman–Crippen MR) is 80.2 cm³/mol. The Morgan fingerprint density at radius 3 is 2.40 bits per heavy atom. The van der Waals surface area contributed by atoms with Crippen LogP contribution in [0.25, 0.3) is 11.3 Å². The van der Waals surface area contributed by atoms with Gasteiger partial charge >= 0.3 is 0 Å². The lowest BCUT2D eigenvalue weighted by molar-refractivity contribution is 0.475. The fourth-order valence-corrected chi connectivity index (χ4v) is 1.96. The number of hydrogen-bond acceptors (Lipinski definition) is 3. The molecule has 4 heteroatoms. The molecule has 0 saturated carbocycles. The van der Waals surface area contributed by atoms with E-state index in [9.17, 15) is 5.11 Å². The first-order chi connectivity index (χ1) is 9.70. The van der Waals surface area contributed by atoms with Gasteiger partial charge in [-0.25, -0.2) is 0 Å². The van der Waals surface area contributed by atoms with Gasteiger partial charge in [0.2, 0.25) is 0 Å². The van der Waals surface area contributed by atoms with Crippen molar-refractivity contribution in [2.24, 2.45) is 0 Å². The maximum Gasteiger partial charge on any atom is 0.152 e. The Hall–Kier alpha value is -2.75. The van der Waals surface area contributed by atoms with E-state index in [1.165, 1.54) is 5.56 Å². The number of rotatable bonds is 3. The van der Waals surface area contributed by atoms with Crippen LogP contribution >= 0.6 is 0 Å². The predicted octanol–water partition coefficient (Wildman–Crippen LogP) is 3.83. The second-order valence-corrected chi connectivity index (χ2v) is 4.70. The quantitative estimate of drug-likeness (QED) is 0.631. The number of nitrogens with zero attached hydrogens (tertiary/aromatic N) is 1. The van der Waals surface area contributed by atoms with Gasteiger partial charge in [0.25, 0.3) is 0 Å². The zero-order chi connectivity index (χ0) is 13.9. The SMILES string of the molecule is Cc1ccc(-c2cc(Nc3ccc(O)cc3)n[nH]2)cc1. The summed E-state index contributed by atoms with van der Waals surface area (Å²) in [4.78, 5) is 0. The van der Waals surface area contributed by atoms with Gasteiger partial charge in [-0.15, -0.1) is 0 Å². The first kappa shape index (κ1) is 12.3. The van der Waals surface area contributed by atoms with Gasteiger partial charge in [-0.2, -0.15) is 5.10 Å². The fourth-order valence-electron chi connectivity index (χ4n) is 1.96. The summed E-state index contributed by atoms with van der Waals surface area (Å²) in [6.07, 6.45) is 0. The van der Waals surface area contributed by atoms with E-state index in [0.717, 1.165) is 22.8 Å². The summed E-state index contributed by atoms with van der Waals surface area (Å²) in [6, 6.07) is 17.1. The molecule has 4 nitrogen and oxygen atoms in total. The summed E-state index contributed by atoms with van der Waals surface area (Å²) in [5.41, 5.74) is 4.17. The molecule has 1 aromatic heterocycles. The molecule has 3 N–H and O–H groups in total. The van der Waals surface area contributed by atoms with Gasteiger partial charge in [0, 0.05) is 11.8 Å². The molecule has 3 aromatic rings. The third kappa shape index (κ3) is 2.64. The van der Waals surface area contributed by atoms with E-state index in [4.69, 9.17) is 0 Å². The van der Waals surface area contributed by atoms with Gasteiger partial charge in [-0.1, -0.05) is 29.8 Å². The smallest absolute Gasteiger partial charge is 0.152 e. The molecule has 0 aliphatic carbocycles. The Kier molecular flexibility index (Phi) is 3.13. The third-order valence-corrected chi connectivity index (χ3v) is 3.08. The maximum absolute atomic E-state index is 9.25. The molecule has 0 amide bonds. The Bertz CT molecular complexity index is 699. The number of phenolic OH excluding ortho intramolecular Hbond substituents is 1. The van der Waals surface area contributed by atoms with E-state index in [0.29, 0.717) is 0 Å². The fraction of sp³-hybridized carbons (Fsp3) is 0.0625. The van der Waals surface area contributed by atoms with Crippen molar-refractivity contribution in [1.82, 2.24) is 10.2 Å². The molecular weight excluding hydrogens is 250 g/mol. The minimum absolute atomic E-state index is 0.248. The van der Waals surface area contributed by atoms with Crippen LogP contribution in [0, 0.1) is 6.92 Å². The van der Waals surface area contributed by atoms with Crippen molar-refractivity contribution < 1.29 is 5.11 Å². The van der Waals surface area contributed by atoms with Crippen LogP contribution in [-0.2, 0) is 0 Å². The highest BCUT2D eigenvalue weighted by Crippen LogP contribution is 2.23. The first-order valence-corrected chi connectivity index (χ1v) is 6.39. The van der Waals surface area contributed by atoms with Gasteiger partial charge in [-0.3, -0.25) is 5.10 Å². The van der Waals surface area contributed by atoms with Crippen LogP contribution in [0.2, 0.25) is 0 Å². The summed E-state index contributed by atoms with van der Waals surface area (Å²) in [7, 11) is 0. The highest BCUT2D eigenvalue weighted by atomic mass is 16.3. The maximum atomic E-state index is 9.25. The molecule has 0 fully saturated rings. The van der Waals surface area contributed by atoms with Crippen molar-refractivity contribution in [2.75, 3.05) is 5.32 Å². The lowest BCUT2D eigenvalue weighted by Crippen LogP contribution is -1.89. The molecule has 0 radical (unpaired) electrons. The number of aryl methyl sites for hydroxylation is 1. The zero-order valence-electron chi connectivity index (χ0n) is 11.1. The number of aromatic hydroxyl groups is 1. The van der Waals surface area contributed by atoms with Gasteiger partial charge in [-0.05, 0) is 36.8 Å². The Balaban J connectivity index is 1.80. The summed E-state index contributed by atoms with van der Waals surface area (Å²) in [5.74, 6) is 0.990. The van der Waals surface area contributed by atoms with Crippen molar-refractivity contribution >= 4 is 11.5 Å². The monoisotopic (exact) mass is 265 g/mol. The van der Waals surface area contributed by atoms with Gasteiger partial charge in [0.15, 0.2) is 5.82 Å². The number of hydrogen-bond donors (Lipinski definition) is 3. The lowest BCUT2D eigenvalue weighted by atomic mass is 10.1. The first-order valence-electron chi connectivity index (χ1n) is 6.39. The second-order valence-electron chi connectivity index (χ2n) is 4.70. The molecule has 0 spiro atoms. The van der Waals surface area contributed by atoms with E-state index < -0.39 is 0 Å². The van der Waals surface area contributed by atoms with Crippen LogP contribution in [-0.4, -0.2) is 15.3 Å². The van der Waals surface area contributed by atoms with Crippen LogP contribution in [0.5, 0.6) is 5.75 Å². The van der Waals surface area contributed by atoms with E-state index in [1.807, 2.05) is 6.07 Å². The second kappa shape index (κ2) is 5.09. The number of anilines is 2. The van der Waals surface area contributed by atoms with Crippen molar-refractivity contribution in [2.45, 2.75) is 6.92 Å². The number of benzene rings is 2. The summed E-state index contributed by atoms with van der Waals surface area (Å²) >= 11 is 0. The Morgan fingerprint density at radius 1 is 1.00 bits per heavy atom. The van der Waals surface area contributed by atoms with Gasteiger partial charge in [0.05, 0.1) is 5.69 Å². The molecule has 0 aliphatic rings. The van der Waals surface area contributed by atoms with Crippen molar-refractivity contribution in [3.8, 4) is 17.0 Å². The van der Waals surface area contributed by atoms with Crippen LogP contribution in [0.1, 0.15) is 5.56 Å². The van der Waals surface area contributed by atoms with Crippen molar-refractivity contribution in [3.63, 3.8) is 0 Å². The Morgan fingerprint density at radius 2 is 1.70 bits per heavy atom. The molecule has 1 heterocycles. The largest absolute Gasteiger partial charge is 0.508 e. The minimum Gasteiger partial charge on any atom is -0.508 e. The molecule has 0 atom stereocenters. The highest BCUT2D eigenvalue weighted by molar-refractivity contribution is 5.66. The number of H-pyrrole nitrogens is 1. The summed E-state index contributed by atoms with van der Waals surface area (Å²) in [5, 5.41) is 19.7. The van der Waals surface area contributed by atoms with E-state index >= 15 is 0 Å². The van der Waals surface area contributed by atoms with E-state index in [-0.39, 0.29) is 5.75 Å². The van der Waals surface area contributed by atoms with E-state index in [2.05, 4.69) is 46.7 Å². The molecular formula is C16H15N3O. The third-order valence-electron chi connectivity index (χ3n) is 3.08. The van der Waals surface area contributed by atoms with Crippen LogP contribution in [0.15, 0.2) is 54.6 Å². The standard InChI is InChI=1S/C16H15N3O/c1-11-2-4-12(5-3-11)15-10-16(19-18-15)17-13-6-8-14(20)9-7-13/h2-10,20H,1H3,(H2,17,18,19). The topological polar surface area (TPSA) is 60.9 Å². The van der Waals surface area contributed by atoms with Crippen molar-refractivity contribution in [1.29, 1.82) is 0 Å². The molecule has 0 unspecified atom stereocenters. The average Bonchev–Trinajstić information content (AvgIpc) is 2.91. The molecule has 100 valence electrons. The van der Waals surface area contributed by atoms with Crippen LogP contribution in [0.4, 0.5) is 11.5 Å².